The highest BCUT2D eigenvalue weighted by Gasteiger charge is 2.32. The van der Waals surface area contributed by atoms with Crippen LogP contribution in [0.25, 0.3) is 0 Å². The van der Waals surface area contributed by atoms with Crippen LogP contribution in [0.15, 0.2) is 24.3 Å². The molecule has 3 rings (SSSR count). The molecule has 0 amide bonds. The minimum absolute atomic E-state index is 0.153. The van der Waals surface area contributed by atoms with Gasteiger partial charge in [0.2, 0.25) is 0 Å². The first kappa shape index (κ1) is 14.0. The van der Waals surface area contributed by atoms with E-state index in [2.05, 4.69) is 10.6 Å². The van der Waals surface area contributed by atoms with Gasteiger partial charge in [-0.05, 0) is 55.8 Å². The highest BCUT2D eigenvalue weighted by atomic mass is 19.1. The van der Waals surface area contributed by atoms with E-state index in [9.17, 15) is 4.39 Å². The fourth-order valence-electron chi connectivity index (χ4n) is 3.82. The van der Waals surface area contributed by atoms with E-state index >= 15 is 0 Å². The molecule has 0 bridgehead atoms. The molecule has 1 aromatic rings. The van der Waals surface area contributed by atoms with Gasteiger partial charge in [0.05, 0.1) is 0 Å². The molecular formula is C17H25FN2. The van der Waals surface area contributed by atoms with Crippen molar-refractivity contribution in [2.45, 2.75) is 57.2 Å². The van der Waals surface area contributed by atoms with Gasteiger partial charge in [-0.25, -0.2) is 4.39 Å². The summed E-state index contributed by atoms with van der Waals surface area (Å²) >= 11 is 0. The second-order valence-electron chi connectivity index (χ2n) is 6.27. The topological polar surface area (TPSA) is 24.1 Å². The standard InChI is InChI=1S/C17H25FN2/c18-14-9-7-13(8-10-14)12-20-17-5-2-1-4-15(17)16-6-3-11-19-16/h7-10,15-17,19-20H,1-6,11-12H2. The zero-order valence-electron chi connectivity index (χ0n) is 12.1. The lowest BCUT2D eigenvalue weighted by molar-refractivity contribution is 0.213. The largest absolute Gasteiger partial charge is 0.314 e. The van der Waals surface area contributed by atoms with Crippen LogP contribution in [0.1, 0.15) is 44.1 Å². The summed E-state index contributed by atoms with van der Waals surface area (Å²) in [5.74, 6) is 0.617. The molecule has 0 radical (unpaired) electrons. The van der Waals surface area contributed by atoms with E-state index in [1.165, 1.54) is 50.6 Å². The Morgan fingerprint density at radius 1 is 1.05 bits per heavy atom. The van der Waals surface area contributed by atoms with Crippen LogP contribution < -0.4 is 10.6 Å². The maximum Gasteiger partial charge on any atom is 0.123 e. The summed E-state index contributed by atoms with van der Waals surface area (Å²) in [6.45, 7) is 2.04. The summed E-state index contributed by atoms with van der Waals surface area (Å²) in [6, 6.07) is 8.19. The summed E-state index contributed by atoms with van der Waals surface area (Å²) in [6.07, 6.45) is 8.00. The van der Waals surface area contributed by atoms with E-state index in [-0.39, 0.29) is 5.82 Å². The Morgan fingerprint density at radius 2 is 1.85 bits per heavy atom. The van der Waals surface area contributed by atoms with Crippen molar-refractivity contribution in [3.63, 3.8) is 0 Å². The smallest absolute Gasteiger partial charge is 0.123 e. The second kappa shape index (κ2) is 6.68. The molecule has 2 fully saturated rings. The van der Waals surface area contributed by atoms with Crippen LogP contribution in [0.4, 0.5) is 4.39 Å². The average molecular weight is 276 g/mol. The average Bonchev–Trinajstić information content (AvgIpc) is 3.01. The Hall–Kier alpha value is -0.930. The van der Waals surface area contributed by atoms with Crippen LogP contribution in [-0.2, 0) is 6.54 Å². The Balaban J connectivity index is 1.57. The quantitative estimate of drug-likeness (QED) is 0.882. The number of rotatable bonds is 4. The summed E-state index contributed by atoms with van der Waals surface area (Å²) in [5.41, 5.74) is 1.18. The van der Waals surface area contributed by atoms with Crippen molar-refractivity contribution in [1.82, 2.24) is 10.6 Å². The molecule has 1 aromatic carbocycles. The van der Waals surface area contributed by atoms with E-state index in [0.29, 0.717) is 12.1 Å². The molecule has 1 aliphatic carbocycles. The van der Waals surface area contributed by atoms with Crippen LogP contribution in [-0.4, -0.2) is 18.6 Å². The Bertz CT molecular complexity index is 412. The van der Waals surface area contributed by atoms with Crippen molar-refractivity contribution in [1.29, 1.82) is 0 Å². The van der Waals surface area contributed by atoms with Crippen LogP contribution in [0.3, 0.4) is 0 Å². The lowest BCUT2D eigenvalue weighted by Crippen LogP contribution is -2.46. The molecule has 3 heteroatoms. The van der Waals surface area contributed by atoms with Crippen molar-refractivity contribution in [2.24, 2.45) is 5.92 Å². The third-order valence-corrected chi connectivity index (χ3v) is 4.92. The van der Waals surface area contributed by atoms with Gasteiger partial charge in [0, 0.05) is 18.6 Å². The maximum atomic E-state index is 12.9. The van der Waals surface area contributed by atoms with E-state index in [1.807, 2.05) is 12.1 Å². The van der Waals surface area contributed by atoms with Crippen molar-refractivity contribution in [3.05, 3.63) is 35.6 Å². The molecule has 2 aliphatic rings. The highest BCUT2D eigenvalue weighted by Crippen LogP contribution is 2.30. The van der Waals surface area contributed by atoms with Crippen LogP contribution in [0, 0.1) is 11.7 Å². The third kappa shape index (κ3) is 3.39. The van der Waals surface area contributed by atoms with Gasteiger partial charge >= 0.3 is 0 Å². The minimum atomic E-state index is -0.153. The Kier molecular flexibility index (Phi) is 4.69. The molecule has 2 N–H and O–H groups in total. The molecule has 1 saturated heterocycles. The summed E-state index contributed by atoms with van der Waals surface area (Å²) in [7, 11) is 0. The van der Waals surface area contributed by atoms with Crippen molar-refractivity contribution >= 4 is 0 Å². The number of benzene rings is 1. The predicted octanol–water partition coefficient (Wildman–Crippen LogP) is 3.23. The SMILES string of the molecule is Fc1ccc(CNC2CCCCC2C2CCCN2)cc1. The van der Waals surface area contributed by atoms with Gasteiger partial charge in [-0.1, -0.05) is 25.0 Å². The second-order valence-corrected chi connectivity index (χ2v) is 6.27. The number of halogens is 1. The number of hydrogen-bond acceptors (Lipinski definition) is 2. The third-order valence-electron chi connectivity index (χ3n) is 4.92. The number of nitrogens with one attached hydrogen (secondary N) is 2. The van der Waals surface area contributed by atoms with Gasteiger partial charge in [0.15, 0.2) is 0 Å². The van der Waals surface area contributed by atoms with Crippen molar-refractivity contribution in [2.75, 3.05) is 6.54 Å². The first-order valence-corrected chi connectivity index (χ1v) is 8.04. The Morgan fingerprint density at radius 3 is 2.60 bits per heavy atom. The molecule has 2 nitrogen and oxygen atoms in total. The number of hydrogen-bond donors (Lipinski definition) is 2. The predicted molar refractivity (Wildman–Crippen MR) is 80.0 cm³/mol. The molecule has 1 heterocycles. The highest BCUT2D eigenvalue weighted by molar-refractivity contribution is 5.16. The van der Waals surface area contributed by atoms with E-state index in [1.54, 1.807) is 12.1 Å². The zero-order chi connectivity index (χ0) is 13.8. The van der Waals surface area contributed by atoms with E-state index in [0.717, 1.165) is 12.5 Å². The fraction of sp³-hybridized carbons (Fsp3) is 0.647. The molecule has 0 aromatic heterocycles. The van der Waals surface area contributed by atoms with Gasteiger partial charge in [0.1, 0.15) is 5.82 Å². The summed E-state index contributed by atoms with van der Waals surface area (Å²) in [5, 5.41) is 7.39. The zero-order valence-corrected chi connectivity index (χ0v) is 12.1. The van der Waals surface area contributed by atoms with Crippen molar-refractivity contribution in [3.8, 4) is 0 Å². The van der Waals surface area contributed by atoms with E-state index < -0.39 is 0 Å². The van der Waals surface area contributed by atoms with Gasteiger partial charge in [0.25, 0.3) is 0 Å². The monoisotopic (exact) mass is 276 g/mol. The first-order chi connectivity index (χ1) is 9.83. The van der Waals surface area contributed by atoms with Gasteiger partial charge < -0.3 is 10.6 Å². The van der Waals surface area contributed by atoms with Crippen LogP contribution in [0.2, 0.25) is 0 Å². The van der Waals surface area contributed by atoms with Crippen LogP contribution >= 0.6 is 0 Å². The molecule has 0 spiro atoms. The molecule has 20 heavy (non-hydrogen) atoms. The lowest BCUT2D eigenvalue weighted by atomic mass is 9.79. The first-order valence-electron chi connectivity index (χ1n) is 8.04. The fourth-order valence-corrected chi connectivity index (χ4v) is 3.82. The summed E-state index contributed by atoms with van der Waals surface area (Å²) < 4.78 is 12.9. The van der Waals surface area contributed by atoms with Crippen LogP contribution in [0.5, 0.6) is 0 Å². The normalized spacial score (nSPS) is 30.6. The summed E-state index contributed by atoms with van der Waals surface area (Å²) in [4.78, 5) is 0. The van der Waals surface area contributed by atoms with Gasteiger partial charge in [-0.15, -0.1) is 0 Å². The molecule has 3 unspecified atom stereocenters. The van der Waals surface area contributed by atoms with Crippen molar-refractivity contribution < 1.29 is 4.39 Å². The van der Waals surface area contributed by atoms with E-state index in [4.69, 9.17) is 0 Å². The molecule has 110 valence electrons. The molecular weight excluding hydrogens is 251 g/mol. The van der Waals surface area contributed by atoms with Gasteiger partial charge in [-0.2, -0.15) is 0 Å². The van der Waals surface area contributed by atoms with Gasteiger partial charge in [-0.3, -0.25) is 0 Å². The molecule has 1 aliphatic heterocycles. The molecule has 1 saturated carbocycles. The minimum Gasteiger partial charge on any atom is -0.314 e. The lowest BCUT2D eigenvalue weighted by Gasteiger charge is -2.36. The maximum absolute atomic E-state index is 12.9. The Labute approximate surface area is 121 Å². The molecule has 3 atom stereocenters.